The number of aryl methyl sites for hydroxylation is 1. The molecule has 0 bridgehead atoms. The van der Waals surface area contributed by atoms with Gasteiger partial charge in [0.1, 0.15) is 17.3 Å². The van der Waals surface area contributed by atoms with Gasteiger partial charge < -0.3 is 15.2 Å². The first-order valence-corrected chi connectivity index (χ1v) is 10.3. The maximum Gasteiger partial charge on any atom is 0.225 e. The van der Waals surface area contributed by atoms with Gasteiger partial charge in [0.2, 0.25) is 5.88 Å². The van der Waals surface area contributed by atoms with E-state index in [0.717, 1.165) is 61.0 Å². The summed E-state index contributed by atoms with van der Waals surface area (Å²) in [5.74, 6) is 1.16. The number of aliphatic hydroxyl groups is 1. The fourth-order valence-corrected chi connectivity index (χ4v) is 5.64. The van der Waals surface area contributed by atoms with Gasteiger partial charge in [-0.05, 0) is 70.4 Å². The van der Waals surface area contributed by atoms with Gasteiger partial charge in [-0.15, -0.1) is 11.3 Å². The molecule has 2 aliphatic rings. The van der Waals surface area contributed by atoms with E-state index < -0.39 is 0 Å². The zero-order valence-electron chi connectivity index (χ0n) is 15.0. The zero-order valence-corrected chi connectivity index (χ0v) is 15.8. The van der Waals surface area contributed by atoms with Gasteiger partial charge in [-0.3, -0.25) is 0 Å². The van der Waals surface area contributed by atoms with E-state index in [-0.39, 0.29) is 12.2 Å². The van der Waals surface area contributed by atoms with Gasteiger partial charge in [-0.25, -0.2) is 9.97 Å². The predicted molar refractivity (Wildman–Crippen MR) is 101 cm³/mol. The van der Waals surface area contributed by atoms with Crippen molar-refractivity contribution in [2.45, 2.75) is 76.0 Å². The number of fused-ring (bicyclic) bond motifs is 3. The highest BCUT2D eigenvalue weighted by atomic mass is 32.1. The van der Waals surface area contributed by atoms with Gasteiger partial charge in [0.25, 0.3) is 0 Å². The van der Waals surface area contributed by atoms with Crippen LogP contribution in [0.3, 0.4) is 0 Å². The highest BCUT2D eigenvalue weighted by Gasteiger charge is 2.31. The van der Waals surface area contributed by atoms with Gasteiger partial charge >= 0.3 is 0 Å². The molecule has 2 N–H and O–H groups in total. The molecule has 4 rings (SSSR count). The second kappa shape index (κ2) is 7.17. The standard InChI is InChI=1S/C19H27N3O2S/c1-11(23)9-12-3-8-15-16(12)17-18(21-10-22-19(17)25-15)24-14-6-4-13(20-2)5-7-14/h10-14,20,23H,3-9H2,1-2H3/t11-,12-,13-,14-/m1/s1. The van der Waals surface area contributed by atoms with Crippen LogP contribution in [-0.2, 0) is 6.42 Å². The minimum atomic E-state index is -0.281. The second-order valence-corrected chi connectivity index (χ2v) is 8.58. The van der Waals surface area contributed by atoms with E-state index in [1.807, 2.05) is 14.0 Å². The predicted octanol–water partition coefficient (Wildman–Crippen LogP) is 3.40. The Morgan fingerprint density at radius 1 is 1.28 bits per heavy atom. The molecule has 0 aromatic carbocycles. The van der Waals surface area contributed by atoms with Crippen LogP contribution in [0.4, 0.5) is 0 Å². The van der Waals surface area contributed by atoms with E-state index in [0.29, 0.717) is 12.0 Å². The molecule has 0 spiro atoms. The number of aliphatic hydroxyl groups excluding tert-OH is 1. The lowest BCUT2D eigenvalue weighted by Crippen LogP contribution is -2.34. The zero-order chi connectivity index (χ0) is 17.4. The minimum absolute atomic E-state index is 0.245. The first kappa shape index (κ1) is 17.2. The summed E-state index contributed by atoms with van der Waals surface area (Å²) >= 11 is 1.77. The lowest BCUT2D eigenvalue weighted by Gasteiger charge is -2.28. The summed E-state index contributed by atoms with van der Waals surface area (Å²) < 4.78 is 6.36. The van der Waals surface area contributed by atoms with Gasteiger partial charge in [0, 0.05) is 10.9 Å². The van der Waals surface area contributed by atoms with E-state index in [1.165, 1.54) is 10.4 Å². The summed E-state index contributed by atoms with van der Waals surface area (Å²) in [6.45, 7) is 1.88. The Morgan fingerprint density at radius 3 is 2.80 bits per heavy atom. The first-order chi connectivity index (χ1) is 12.2. The van der Waals surface area contributed by atoms with Crippen molar-refractivity contribution in [3.8, 4) is 5.88 Å². The number of hydrogen-bond donors (Lipinski definition) is 2. The van der Waals surface area contributed by atoms with Crippen LogP contribution in [0.25, 0.3) is 10.2 Å². The summed E-state index contributed by atoms with van der Waals surface area (Å²) in [4.78, 5) is 11.4. The molecular formula is C19H27N3O2S. The normalized spacial score (nSPS) is 27.4. The topological polar surface area (TPSA) is 67.3 Å². The summed E-state index contributed by atoms with van der Waals surface area (Å²) in [6.07, 6.45) is 9.05. The second-order valence-electron chi connectivity index (χ2n) is 7.50. The largest absolute Gasteiger partial charge is 0.474 e. The molecule has 0 amide bonds. The van der Waals surface area contributed by atoms with Crippen LogP contribution in [0.5, 0.6) is 5.88 Å². The van der Waals surface area contributed by atoms with Crippen molar-refractivity contribution in [3.63, 3.8) is 0 Å². The molecule has 6 heteroatoms. The molecule has 1 fully saturated rings. The van der Waals surface area contributed by atoms with Crippen LogP contribution >= 0.6 is 11.3 Å². The number of rotatable bonds is 5. The number of nitrogens with one attached hydrogen (secondary N) is 1. The van der Waals surface area contributed by atoms with Crippen molar-refractivity contribution in [1.29, 1.82) is 0 Å². The van der Waals surface area contributed by atoms with Crippen molar-refractivity contribution >= 4 is 21.6 Å². The van der Waals surface area contributed by atoms with E-state index in [4.69, 9.17) is 4.74 Å². The van der Waals surface area contributed by atoms with Gasteiger partial charge in [0.15, 0.2) is 0 Å². The van der Waals surface area contributed by atoms with Crippen LogP contribution in [0.2, 0.25) is 0 Å². The van der Waals surface area contributed by atoms with Gasteiger partial charge in [-0.2, -0.15) is 0 Å². The molecule has 2 heterocycles. The van der Waals surface area contributed by atoms with Crippen LogP contribution in [0, 0.1) is 0 Å². The highest BCUT2D eigenvalue weighted by Crippen LogP contribution is 2.47. The molecule has 1 saturated carbocycles. The fourth-order valence-electron chi connectivity index (χ4n) is 4.40. The number of aromatic nitrogens is 2. The first-order valence-electron chi connectivity index (χ1n) is 9.44. The van der Waals surface area contributed by atoms with Gasteiger partial charge in [0.05, 0.1) is 11.5 Å². The van der Waals surface area contributed by atoms with Crippen LogP contribution < -0.4 is 10.1 Å². The average molecular weight is 362 g/mol. The minimum Gasteiger partial charge on any atom is -0.474 e. The Kier molecular flexibility index (Phi) is 4.93. The molecule has 136 valence electrons. The van der Waals surface area contributed by atoms with Crippen molar-refractivity contribution in [3.05, 3.63) is 16.8 Å². The molecule has 0 radical (unpaired) electrons. The maximum atomic E-state index is 9.86. The molecular weight excluding hydrogens is 334 g/mol. The quantitative estimate of drug-likeness (QED) is 0.854. The monoisotopic (exact) mass is 361 g/mol. The molecule has 2 atom stereocenters. The molecule has 0 aliphatic heterocycles. The third-order valence-corrected chi connectivity index (χ3v) is 6.86. The molecule has 2 aromatic heterocycles. The van der Waals surface area contributed by atoms with E-state index in [9.17, 15) is 5.11 Å². The van der Waals surface area contributed by atoms with Crippen molar-refractivity contribution in [2.75, 3.05) is 7.05 Å². The Balaban J connectivity index is 1.62. The summed E-state index contributed by atoms with van der Waals surface area (Å²) in [5.41, 5.74) is 1.35. The smallest absolute Gasteiger partial charge is 0.225 e. The van der Waals surface area contributed by atoms with Crippen LogP contribution in [0.1, 0.15) is 61.8 Å². The number of nitrogens with zero attached hydrogens (tertiary/aromatic N) is 2. The summed E-state index contributed by atoms with van der Waals surface area (Å²) in [6, 6.07) is 0.617. The lowest BCUT2D eigenvalue weighted by atomic mass is 9.93. The molecule has 0 saturated heterocycles. The molecule has 25 heavy (non-hydrogen) atoms. The van der Waals surface area contributed by atoms with Crippen molar-refractivity contribution < 1.29 is 9.84 Å². The molecule has 5 nitrogen and oxygen atoms in total. The fraction of sp³-hybridized carbons (Fsp3) is 0.684. The highest BCUT2D eigenvalue weighted by molar-refractivity contribution is 7.19. The number of ether oxygens (including phenoxy) is 1. The molecule has 2 aliphatic carbocycles. The Hall–Kier alpha value is -1.24. The molecule has 2 aromatic rings. The average Bonchev–Trinajstić information content (AvgIpc) is 3.15. The number of hydrogen-bond acceptors (Lipinski definition) is 6. The Labute approximate surface area is 152 Å². The summed E-state index contributed by atoms with van der Waals surface area (Å²) in [7, 11) is 2.04. The van der Waals surface area contributed by atoms with Crippen molar-refractivity contribution in [2.24, 2.45) is 0 Å². The lowest BCUT2D eigenvalue weighted by molar-refractivity contribution is 0.137. The van der Waals surface area contributed by atoms with Crippen molar-refractivity contribution in [1.82, 2.24) is 15.3 Å². The van der Waals surface area contributed by atoms with E-state index in [1.54, 1.807) is 17.7 Å². The Morgan fingerprint density at radius 2 is 2.08 bits per heavy atom. The van der Waals surface area contributed by atoms with Crippen LogP contribution in [0.15, 0.2) is 6.33 Å². The maximum absolute atomic E-state index is 9.86. The summed E-state index contributed by atoms with van der Waals surface area (Å²) in [5, 5.41) is 14.3. The van der Waals surface area contributed by atoms with Gasteiger partial charge in [-0.1, -0.05) is 0 Å². The SMILES string of the molecule is CN[C@H]1CC[C@H](Oc2ncnc3sc4c(c23)[C@@H](C[C@@H](C)O)CC4)CC1. The molecule has 0 unspecified atom stereocenters. The third kappa shape index (κ3) is 3.39. The number of thiophene rings is 1. The van der Waals surface area contributed by atoms with Crippen LogP contribution in [-0.4, -0.2) is 40.4 Å². The van der Waals surface area contributed by atoms with E-state index >= 15 is 0 Å². The third-order valence-electron chi connectivity index (χ3n) is 5.68. The van der Waals surface area contributed by atoms with E-state index in [2.05, 4.69) is 15.3 Å². The Bertz CT molecular complexity index is 738.